The predicted octanol–water partition coefficient (Wildman–Crippen LogP) is 2.72. The van der Waals surface area contributed by atoms with Crippen LogP contribution in [0.3, 0.4) is 0 Å². The zero-order valence-electron chi connectivity index (χ0n) is 18.3. The van der Waals surface area contributed by atoms with Gasteiger partial charge in [-0.1, -0.05) is 18.9 Å². The van der Waals surface area contributed by atoms with Crippen LogP contribution in [0.1, 0.15) is 48.5 Å². The van der Waals surface area contributed by atoms with Gasteiger partial charge in [0.05, 0.1) is 17.5 Å². The molecule has 1 saturated heterocycles. The van der Waals surface area contributed by atoms with E-state index in [4.69, 9.17) is 0 Å². The number of benzene rings is 1. The summed E-state index contributed by atoms with van der Waals surface area (Å²) in [6, 6.07) is 8.29. The van der Waals surface area contributed by atoms with Crippen LogP contribution in [0, 0.1) is 0 Å². The average Bonchev–Trinajstić information content (AvgIpc) is 3.02. The highest BCUT2D eigenvalue weighted by atomic mass is 32.2. The molecule has 0 spiro atoms. The second-order valence-corrected chi connectivity index (χ2v) is 9.67. The zero-order valence-corrected chi connectivity index (χ0v) is 19.2. The summed E-state index contributed by atoms with van der Waals surface area (Å²) in [5.74, 6) is 0.167. The predicted molar refractivity (Wildman–Crippen MR) is 125 cm³/mol. The Hall–Kier alpha value is -3.14. The first-order valence-electron chi connectivity index (χ1n) is 10.6. The minimum atomic E-state index is -3.59. The first-order chi connectivity index (χ1) is 15.2. The number of pyridine rings is 1. The monoisotopic (exact) mass is 459 g/mol. The third-order valence-corrected chi connectivity index (χ3v) is 5.66. The van der Waals surface area contributed by atoms with Gasteiger partial charge in [0.2, 0.25) is 15.9 Å². The number of carbonyl (C=O) groups excluding carboxylic acids is 2. The van der Waals surface area contributed by atoms with Crippen LogP contribution < -0.4 is 20.3 Å². The van der Waals surface area contributed by atoms with E-state index in [1.165, 1.54) is 50.8 Å². The molecule has 1 fully saturated rings. The first-order valence-corrected chi connectivity index (χ1v) is 12.5. The van der Waals surface area contributed by atoms with Crippen LogP contribution in [-0.2, 0) is 21.4 Å². The number of nitrogens with zero attached hydrogens (tertiary/aromatic N) is 2. The molecule has 2 amide bonds. The van der Waals surface area contributed by atoms with Crippen LogP contribution in [0.4, 0.5) is 17.2 Å². The number of rotatable bonds is 7. The van der Waals surface area contributed by atoms with Gasteiger partial charge in [-0.3, -0.25) is 14.3 Å². The average molecular weight is 460 g/mol. The third kappa shape index (κ3) is 6.94. The molecule has 0 radical (unpaired) electrons. The quantitative estimate of drug-likeness (QED) is 0.586. The fourth-order valence-corrected chi connectivity index (χ4v) is 4.17. The maximum atomic E-state index is 12.8. The number of hydrogen-bond acceptors (Lipinski definition) is 6. The molecular weight excluding hydrogens is 430 g/mol. The van der Waals surface area contributed by atoms with E-state index in [0.717, 1.165) is 30.7 Å². The van der Waals surface area contributed by atoms with Gasteiger partial charge in [0, 0.05) is 38.4 Å². The number of amides is 2. The molecule has 2 aromatic rings. The smallest absolute Gasteiger partial charge is 0.253 e. The zero-order chi connectivity index (χ0) is 23.1. The van der Waals surface area contributed by atoms with E-state index in [-0.39, 0.29) is 23.7 Å². The largest absolute Gasteiger partial charge is 0.357 e. The van der Waals surface area contributed by atoms with Gasteiger partial charge < -0.3 is 15.5 Å². The van der Waals surface area contributed by atoms with Crippen molar-refractivity contribution in [1.29, 1.82) is 0 Å². The van der Waals surface area contributed by atoms with Crippen molar-refractivity contribution in [3.63, 3.8) is 0 Å². The summed E-state index contributed by atoms with van der Waals surface area (Å²) in [7, 11) is -3.59. The van der Waals surface area contributed by atoms with Crippen LogP contribution in [-0.4, -0.2) is 44.6 Å². The van der Waals surface area contributed by atoms with Gasteiger partial charge in [-0.2, -0.15) is 0 Å². The molecule has 3 rings (SSSR count). The summed E-state index contributed by atoms with van der Waals surface area (Å²) < 4.78 is 25.7. The number of carbonyl (C=O) groups is 2. The first kappa shape index (κ1) is 23.5. The highest BCUT2D eigenvalue weighted by molar-refractivity contribution is 7.92. The van der Waals surface area contributed by atoms with Gasteiger partial charge in [0.15, 0.2) is 0 Å². The van der Waals surface area contributed by atoms with Crippen LogP contribution >= 0.6 is 0 Å². The number of anilines is 3. The highest BCUT2D eigenvalue weighted by Gasteiger charge is 2.16. The molecule has 2 heterocycles. The second-order valence-electron chi connectivity index (χ2n) is 7.92. The van der Waals surface area contributed by atoms with E-state index < -0.39 is 15.9 Å². The van der Waals surface area contributed by atoms with Crippen LogP contribution in [0.2, 0.25) is 0 Å². The van der Waals surface area contributed by atoms with E-state index >= 15 is 0 Å². The summed E-state index contributed by atoms with van der Waals surface area (Å²) >= 11 is 0. The molecule has 1 aromatic carbocycles. The highest BCUT2D eigenvalue weighted by Crippen LogP contribution is 2.22. The lowest BCUT2D eigenvalue weighted by Crippen LogP contribution is -2.26. The molecule has 3 N–H and O–H groups in total. The summed E-state index contributed by atoms with van der Waals surface area (Å²) in [6.45, 7) is 3.59. The SMILES string of the molecule is CC(=O)Nc1ccc(NS(C)(=O)=O)c(C(=O)NCc2ccc(N3CCCCCC3)nc2)c1. The lowest BCUT2D eigenvalue weighted by atomic mass is 10.1. The summed E-state index contributed by atoms with van der Waals surface area (Å²) in [4.78, 5) is 31.0. The summed E-state index contributed by atoms with van der Waals surface area (Å²) in [5, 5.41) is 5.39. The molecule has 1 aliphatic heterocycles. The molecule has 32 heavy (non-hydrogen) atoms. The van der Waals surface area contributed by atoms with E-state index in [1.807, 2.05) is 12.1 Å². The Bertz CT molecular complexity index is 1060. The van der Waals surface area contributed by atoms with Crippen molar-refractivity contribution in [3.8, 4) is 0 Å². The Morgan fingerprint density at radius 1 is 1.06 bits per heavy atom. The molecule has 0 saturated carbocycles. The van der Waals surface area contributed by atoms with Crippen LogP contribution in [0.15, 0.2) is 36.5 Å². The lowest BCUT2D eigenvalue weighted by Gasteiger charge is -2.21. The molecule has 9 nitrogen and oxygen atoms in total. The van der Waals surface area contributed by atoms with Crippen LogP contribution in [0.25, 0.3) is 0 Å². The van der Waals surface area contributed by atoms with E-state index in [9.17, 15) is 18.0 Å². The number of hydrogen-bond donors (Lipinski definition) is 3. The third-order valence-electron chi connectivity index (χ3n) is 5.07. The van der Waals surface area contributed by atoms with Gasteiger partial charge in [0.25, 0.3) is 5.91 Å². The Labute approximate surface area is 188 Å². The standard InChI is InChI=1S/C22H29N5O4S/c1-16(28)25-18-8-9-20(26-32(2,30)31)19(13-18)22(29)24-15-17-7-10-21(23-14-17)27-11-5-3-4-6-12-27/h7-10,13-14,26H,3-6,11-12,15H2,1-2H3,(H,24,29)(H,25,28). The molecule has 10 heteroatoms. The second kappa shape index (κ2) is 10.4. The Morgan fingerprint density at radius 2 is 1.78 bits per heavy atom. The van der Waals surface area contributed by atoms with Gasteiger partial charge in [-0.05, 0) is 42.7 Å². The van der Waals surface area contributed by atoms with E-state index in [2.05, 4.69) is 25.2 Å². The summed E-state index contributed by atoms with van der Waals surface area (Å²) in [5.41, 5.74) is 1.46. The maximum Gasteiger partial charge on any atom is 0.253 e. The fourth-order valence-electron chi connectivity index (χ4n) is 3.59. The van der Waals surface area contributed by atoms with Crippen molar-refractivity contribution in [2.75, 3.05) is 34.3 Å². The van der Waals surface area contributed by atoms with Crippen molar-refractivity contribution in [3.05, 3.63) is 47.7 Å². The van der Waals surface area contributed by atoms with Gasteiger partial charge in [-0.15, -0.1) is 0 Å². The van der Waals surface area contributed by atoms with E-state index in [0.29, 0.717) is 5.69 Å². The van der Waals surface area contributed by atoms with Gasteiger partial charge in [-0.25, -0.2) is 13.4 Å². The minimum absolute atomic E-state index is 0.107. The minimum Gasteiger partial charge on any atom is -0.357 e. The molecule has 0 aliphatic carbocycles. The van der Waals surface area contributed by atoms with Crippen molar-refractivity contribution in [2.24, 2.45) is 0 Å². The molecule has 0 atom stereocenters. The maximum absolute atomic E-state index is 12.8. The van der Waals surface area contributed by atoms with Crippen molar-refractivity contribution < 1.29 is 18.0 Å². The fraction of sp³-hybridized carbons (Fsp3) is 0.409. The molecule has 1 aliphatic rings. The van der Waals surface area contributed by atoms with Crippen molar-refractivity contribution in [1.82, 2.24) is 10.3 Å². The molecule has 0 unspecified atom stereocenters. The van der Waals surface area contributed by atoms with E-state index in [1.54, 1.807) is 6.20 Å². The Kier molecular flexibility index (Phi) is 7.68. The summed E-state index contributed by atoms with van der Waals surface area (Å²) in [6.07, 6.45) is 7.58. The molecule has 0 bridgehead atoms. The molecular formula is C22H29N5O4S. The number of nitrogens with one attached hydrogen (secondary N) is 3. The number of sulfonamides is 1. The topological polar surface area (TPSA) is 120 Å². The van der Waals surface area contributed by atoms with Crippen molar-refractivity contribution >= 4 is 39.0 Å². The lowest BCUT2D eigenvalue weighted by molar-refractivity contribution is -0.114. The van der Waals surface area contributed by atoms with Crippen molar-refractivity contribution in [2.45, 2.75) is 39.2 Å². The van der Waals surface area contributed by atoms with Crippen LogP contribution in [0.5, 0.6) is 0 Å². The Balaban J connectivity index is 1.70. The van der Waals surface area contributed by atoms with Gasteiger partial charge >= 0.3 is 0 Å². The van der Waals surface area contributed by atoms with Gasteiger partial charge in [0.1, 0.15) is 5.82 Å². The Morgan fingerprint density at radius 3 is 2.38 bits per heavy atom. The normalized spacial score (nSPS) is 14.4. The molecule has 172 valence electrons. The molecule has 1 aromatic heterocycles. The number of aromatic nitrogens is 1.